The molecule has 2 rings (SSSR count). The molecule has 1 heterocycles. The third-order valence-electron chi connectivity index (χ3n) is 1.45. The first kappa shape index (κ1) is 8.06. The third kappa shape index (κ3) is 1.13. The van der Waals surface area contributed by atoms with Crippen LogP contribution in [0, 0.1) is 3.57 Å². The van der Waals surface area contributed by atoms with Gasteiger partial charge in [-0.2, -0.15) is 0 Å². The first-order chi connectivity index (χ1) is 5.68. The van der Waals surface area contributed by atoms with Crippen LogP contribution in [0.15, 0.2) is 12.1 Å². The summed E-state index contributed by atoms with van der Waals surface area (Å²) in [6.07, 6.45) is 0. The summed E-state index contributed by atoms with van der Waals surface area (Å²) in [7, 11) is 0. The number of fused-ring (bicyclic) bond motifs is 1. The van der Waals surface area contributed by atoms with Crippen LogP contribution < -0.4 is 0 Å². The SMILES string of the molecule is On1nnc2c(I)cc(Cl)cc21. The normalized spacial score (nSPS) is 10.8. The van der Waals surface area contributed by atoms with Crippen molar-refractivity contribution >= 4 is 45.2 Å². The van der Waals surface area contributed by atoms with Crippen LogP contribution in [0.5, 0.6) is 0 Å². The van der Waals surface area contributed by atoms with Crippen molar-refractivity contribution < 1.29 is 5.21 Å². The van der Waals surface area contributed by atoms with Gasteiger partial charge in [-0.3, -0.25) is 0 Å². The monoisotopic (exact) mass is 295 g/mol. The molecule has 0 aliphatic carbocycles. The fourth-order valence-electron chi connectivity index (χ4n) is 0.939. The molecule has 6 heteroatoms. The zero-order chi connectivity index (χ0) is 8.72. The lowest BCUT2D eigenvalue weighted by Gasteiger charge is -1.93. The van der Waals surface area contributed by atoms with E-state index in [9.17, 15) is 0 Å². The van der Waals surface area contributed by atoms with Crippen molar-refractivity contribution in [3.63, 3.8) is 0 Å². The van der Waals surface area contributed by atoms with Crippen LogP contribution in [-0.2, 0) is 0 Å². The van der Waals surface area contributed by atoms with E-state index in [1.807, 2.05) is 0 Å². The van der Waals surface area contributed by atoms with Crippen LogP contribution in [0.4, 0.5) is 0 Å². The van der Waals surface area contributed by atoms with Gasteiger partial charge in [-0.15, -0.1) is 5.10 Å². The second-order valence-electron chi connectivity index (χ2n) is 2.23. The molecule has 1 aromatic carbocycles. The van der Waals surface area contributed by atoms with E-state index >= 15 is 0 Å². The Hall–Kier alpha value is -0.560. The highest BCUT2D eigenvalue weighted by Crippen LogP contribution is 2.22. The minimum atomic E-state index is 0.520. The second kappa shape index (κ2) is 2.74. The summed E-state index contributed by atoms with van der Waals surface area (Å²) in [6, 6.07) is 3.37. The maximum absolute atomic E-state index is 9.14. The summed E-state index contributed by atoms with van der Waals surface area (Å²) in [6.45, 7) is 0. The second-order valence-corrected chi connectivity index (χ2v) is 3.83. The Bertz CT molecular complexity index is 442. The zero-order valence-corrected chi connectivity index (χ0v) is 8.61. The van der Waals surface area contributed by atoms with Gasteiger partial charge >= 0.3 is 0 Å². The van der Waals surface area contributed by atoms with Gasteiger partial charge in [-0.25, -0.2) is 0 Å². The van der Waals surface area contributed by atoms with Crippen molar-refractivity contribution in [2.24, 2.45) is 0 Å². The van der Waals surface area contributed by atoms with Crippen LogP contribution in [0.3, 0.4) is 0 Å². The van der Waals surface area contributed by atoms with E-state index in [0.29, 0.717) is 20.9 Å². The summed E-state index contributed by atoms with van der Waals surface area (Å²) in [4.78, 5) is 0.712. The Kier molecular flexibility index (Phi) is 1.84. The Balaban J connectivity index is 2.92. The lowest BCUT2D eigenvalue weighted by Crippen LogP contribution is -1.91. The number of nitrogens with zero attached hydrogens (tertiary/aromatic N) is 3. The molecule has 1 aromatic heterocycles. The van der Waals surface area contributed by atoms with Crippen molar-refractivity contribution in [2.75, 3.05) is 0 Å². The Morgan fingerprint density at radius 1 is 1.50 bits per heavy atom. The molecule has 0 aliphatic rings. The molecule has 0 fully saturated rings. The fourth-order valence-corrected chi connectivity index (χ4v) is 2.06. The molecule has 0 atom stereocenters. The van der Waals surface area contributed by atoms with Crippen LogP contribution in [-0.4, -0.2) is 20.4 Å². The predicted molar refractivity (Wildman–Crippen MR) is 52.4 cm³/mol. The molecule has 2 aromatic rings. The van der Waals surface area contributed by atoms with Gasteiger partial charge in [-0.05, 0) is 39.9 Å². The Morgan fingerprint density at radius 2 is 2.25 bits per heavy atom. The molecule has 0 spiro atoms. The fraction of sp³-hybridized carbons (Fsp3) is 0. The largest absolute Gasteiger partial charge is 0.410 e. The molecule has 1 N–H and O–H groups in total. The molecule has 0 aliphatic heterocycles. The number of benzene rings is 1. The molecule has 0 unspecified atom stereocenters. The van der Waals surface area contributed by atoms with Gasteiger partial charge in [-0.1, -0.05) is 16.4 Å². The molecule has 0 bridgehead atoms. The van der Waals surface area contributed by atoms with E-state index in [4.69, 9.17) is 16.8 Å². The van der Waals surface area contributed by atoms with E-state index in [0.717, 1.165) is 3.57 Å². The standard InChI is InChI=1S/C6H3ClIN3O/c7-3-1-4(8)6-5(2-3)11(12)10-9-6/h1-2,12H. The number of aromatic nitrogens is 3. The highest BCUT2D eigenvalue weighted by atomic mass is 127. The maximum Gasteiger partial charge on any atom is 0.133 e. The Labute approximate surface area is 86.2 Å². The topological polar surface area (TPSA) is 50.9 Å². The summed E-state index contributed by atoms with van der Waals surface area (Å²) >= 11 is 7.85. The van der Waals surface area contributed by atoms with Gasteiger partial charge in [0, 0.05) is 8.59 Å². The molecular weight excluding hydrogens is 292 g/mol. The van der Waals surface area contributed by atoms with Gasteiger partial charge < -0.3 is 5.21 Å². The quantitative estimate of drug-likeness (QED) is 0.597. The van der Waals surface area contributed by atoms with Gasteiger partial charge in [0.15, 0.2) is 0 Å². The Morgan fingerprint density at radius 3 is 3.00 bits per heavy atom. The van der Waals surface area contributed by atoms with Gasteiger partial charge in [0.25, 0.3) is 0 Å². The van der Waals surface area contributed by atoms with Crippen LogP contribution >= 0.6 is 34.2 Å². The number of rotatable bonds is 0. The zero-order valence-electron chi connectivity index (χ0n) is 5.70. The van der Waals surface area contributed by atoms with E-state index < -0.39 is 0 Å². The van der Waals surface area contributed by atoms with Crippen LogP contribution in [0.1, 0.15) is 0 Å². The van der Waals surface area contributed by atoms with Crippen LogP contribution in [0.2, 0.25) is 5.02 Å². The third-order valence-corrected chi connectivity index (χ3v) is 2.49. The smallest absolute Gasteiger partial charge is 0.133 e. The minimum absolute atomic E-state index is 0.520. The average Bonchev–Trinajstić information content (AvgIpc) is 2.33. The highest BCUT2D eigenvalue weighted by Gasteiger charge is 2.07. The number of hydrogen-bond acceptors (Lipinski definition) is 3. The molecule has 0 saturated carbocycles. The van der Waals surface area contributed by atoms with Crippen molar-refractivity contribution in [3.05, 3.63) is 20.7 Å². The molecule has 62 valence electrons. The first-order valence-corrected chi connectivity index (χ1v) is 4.54. The highest BCUT2D eigenvalue weighted by molar-refractivity contribution is 14.1. The number of halogens is 2. The summed E-state index contributed by atoms with van der Waals surface area (Å²) in [5.74, 6) is 0. The van der Waals surface area contributed by atoms with E-state index in [-0.39, 0.29) is 0 Å². The first-order valence-electron chi connectivity index (χ1n) is 3.08. The van der Waals surface area contributed by atoms with Crippen molar-refractivity contribution in [2.45, 2.75) is 0 Å². The summed E-state index contributed by atoms with van der Waals surface area (Å²) < 4.78 is 0.871. The van der Waals surface area contributed by atoms with Gasteiger partial charge in [0.05, 0.1) is 0 Å². The minimum Gasteiger partial charge on any atom is -0.410 e. The predicted octanol–water partition coefficient (Wildman–Crippen LogP) is 1.93. The van der Waals surface area contributed by atoms with E-state index in [2.05, 4.69) is 32.9 Å². The molecule has 0 amide bonds. The van der Waals surface area contributed by atoms with E-state index in [1.54, 1.807) is 12.1 Å². The van der Waals surface area contributed by atoms with Gasteiger partial charge in [0.2, 0.25) is 0 Å². The van der Waals surface area contributed by atoms with Crippen molar-refractivity contribution in [1.82, 2.24) is 15.2 Å². The van der Waals surface area contributed by atoms with Crippen LogP contribution in [0.25, 0.3) is 11.0 Å². The molecule has 12 heavy (non-hydrogen) atoms. The lowest BCUT2D eigenvalue weighted by atomic mass is 10.3. The molecular formula is C6H3ClIN3O. The van der Waals surface area contributed by atoms with E-state index in [1.165, 1.54) is 0 Å². The summed E-state index contributed by atoms with van der Waals surface area (Å²) in [5, 5.41) is 16.9. The lowest BCUT2D eigenvalue weighted by molar-refractivity contribution is 0.155. The van der Waals surface area contributed by atoms with Gasteiger partial charge in [0.1, 0.15) is 11.0 Å². The molecule has 4 nitrogen and oxygen atoms in total. The molecule has 0 saturated heterocycles. The number of hydrogen-bond donors (Lipinski definition) is 1. The molecule has 0 radical (unpaired) electrons. The summed E-state index contributed by atoms with van der Waals surface area (Å²) in [5.41, 5.74) is 1.18. The average molecular weight is 295 g/mol. The van der Waals surface area contributed by atoms with Crippen molar-refractivity contribution in [1.29, 1.82) is 0 Å². The maximum atomic E-state index is 9.14. The van der Waals surface area contributed by atoms with Crippen molar-refractivity contribution in [3.8, 4) is 0 Å².